The quantitative estimate of drug-likeness (QED) is 0.790. The largest absolute Gasteiger partial charge is 0.496 e. The summed E-state index contributed by atoms with van der Waals surface area (Å²) in [6.07, 6.45) is 0.365. The Labute approximate surface area is 133 Å². The third-order valence-electron chi connectivity index (χ3n) is 3.35. The van der Waals surface area contributed by atoms with E-state index in [-0.39, 0.29) is 5.56 Å². The molecule has 0 saturated carbocycles. The van der Waals surface area contributed by atoms with Crippen LogP contribution in [-0.4, -0.2) is 31.8 Å². The zero-order chi connectivity index (χ0) is 16.8. The molecule has 0 saturated heterocycles. The van der Waals surface area contributed by atoms with Crippen LogP contribution in [0.1, 0.15) is 21.5 Å². The number of carbonyl (C=O) groups is 2. The molecular formula is C17H16O6. The summed E-state index contributed by atoms with van der Waals surface area (Å²) in [5.41, 5.74) is 1.52. The Hall–Kier alpha value is -3.02. The molecule has 0 atom stereocenters. The van der Waals surface area contributed by atoms with Gasteiger partial charge in [-0.2, -0.15) is 0 Å². The molecule has 2 aromatic rings. The number of methoxy groups -OCH3 is 2. The molecule has 2 aromatic carbocycles. The summed E-state index contributed by atoms with van der Waals surface area (Å²) in [6, 6.07) is 10.1. The van der Waals surface area contributed by atoms with Crippen LogP contribution in [0, 0.1) is 0 Å². The van der Waals surface area contributed by atoms with Gasteiger partial charge < -0.3 is 19.3 Å². The van der Waals surface area contributed by atoms with Crippen molar-refractivity contribution in [2.75, 3.05) is 14.2 Å². The highest BCUT2D eigenvalue weighted by molar-refractivity contribution is 5.91. The minimum Gasteiger partial charge on any atom is -0.496 e. The van der Waals surface area contributed by atoms with Gasteiger partial charge in [-0.1, -0.05) is 24.3 Å². The van der Waals surface area contributed by atoms with Gasteiger partial charge in [-0.25, -0.2) is 4.79 Å². The minimum absolute atomic E-state index is 0.0873. The smallest absolute Gasteiger partial charge is 0.339 e. The minimum atomic E-state index is -1.06. The monoisotopic (exact) mass is 316 g/mol. The van der Waals surface area contributed by atoms with E-state index in [2.05, 4.69) is 0 Å². The van der Waals surface area contributed by atoms with Crippen LogP contribution in [0.15, 0.2) is 36.4 Å². The molecule has 0 aromatic heterocycles. The molecule has 120 valence electrons. The molecule has 23 heavy (non-hydrogen) atoms. The number of aromatic carboxylic acids is 1. The summed E-state index contributed by atoms with van der Waals surface area (Å²) >= 11 is 0. The van der Waals surface area contributed by atoms with Gasteiger partial charge in [0.25, 0.3) is 6.47 Å². The number of hydrogen-bond donors (Lipinski definition) is 1. The molecule has 6 heteroatoms. The predicted molar refractivity (Wildman–Crippen MR) is 82.4 cm³/mol. The molecule has 0 unspecified atom stereocenters. The van der Waals surface area contributed by atoms with Crippen LogP contribution < -0.4 is 14.2 Å². The van der Waals surface area contributed by atoms with Gasteiger partial charge in [-0.05, 0) is 17.7 Å². The Balaban J connectivity index is 2.47. The molecule has 0 radical (unpaired) electrons. The number of carboxylic acid groups (broad SMARTS) is 1. The summed E-state index contributed by atoms with van der Waals surface area (Å²) in [6.45, 7) is 0.327. The van der Waals surface area contributed by atoms with Crippen molar-refractivity contribution in [3.8, 4) is 17.2 Å². The van der Waals surface area contributed by atoms with E-state index >= 15 is 0 Å². The molecule has 0 aliphatic heterocycles. The fourth-order valence-electron chi connectivity index (χ4n) is 2.42. The van der Waals surface area contributed by atoms with Crippen LogP contribution >= 0.6 is 0 Å². The van der Waals surface area contributed by atoms with Crippen molar-refractivity contribution in [3.63, 3.8) is 0 Å². The Kier molecular flexibility index (Phi) is 5.19. The average molecular weight is 316 g/mol. The van der Waals surface area contributed by atoms with E-state index in [1.54, 1.807) is 24.3 Å². The zero-order valence-corrected chi connectivity index (χ0v) is 12.7. The predicted octanol–water partition coefficient (Wildman–Crippen LogP) is 2.53. The molecule has 6 nitrogen and oxygen atoms in total. The lowest BCUT2D eigenvalue weighted by molar-refractivity contribution is -0.120. The first-order valence-corrected chi connectivity index (χ1v) is 6.77. The van der Waals surface area contributed by atoms with Crippen molar-refractivity contribution < 1.29 is 28.9 Å². The first-order chi connectivity index (χ1) is 11.1. The SMILES string of the molecule is COc1c(Cc2cccc(C(=O)O)c2OC)cccc1OC=O. The third-order valence-corrected chi connectivity index (χ3v) is 3.35. The van der Waals surface area contributed by atoms with E-state index in [1.807, 2.05) is 6.07 Å². The molecular weight excluding hydrogens is 300 g/mol. The normalized spacial score (nSPS) is 10.0. The maximum Gasteiger partial charge on any atom is 0.339 e. The highest BCUT2D eigenvalue weighted by Crippen LogP contribution is 2.34. The number of carboxylic acids is 1. The van der Waals surface area contributed by atoms with Gasteiger partial charge in [-0.3, -0.25) is 4.79 Å². The van der Waals surface area contributed by atoms with Crippen LogP contribution in [-0.2, 0) is 11.2 Å². The van der Waals surface area contributed by atoms with Gasteiger partial charge >= 0.3 is 5.97 Å². The molecule has 1 N–H and O–H groups in total. The standard InChI is InChI=1S/C17H16O6/c1-21-15-11(5-3-7-13(15)17(19)20)9-12-6-4-8-14(23-10-18)16(12)22-2/h3-8,10H,9H2,1-2H3,(H,19,20). The first-order valence-electron chi connectivity index (χ1n) is 6.77. The second kappa shape index (κ2) is 7.31. The molecule has 0 bridgehead atoms. The molecule has 0 spiro atoms. The summed E-state index contributed by atoms with van der Waals surface area (Å²) in [5, 5.41) is 9.24. The number of ether oxygens (including phenoxy) is 3. The fourth-order valence-corrected chi connectivity index (χ4v) is 2.42. The van der Waals surface area contributed by atoms with E-state index in [9.17, 15) is 14.7 Å². The van der Waals surface area contributed by atoms with E-state index in [1.165, 1.54) is 20.3 Å². The Bertz CT molecular complexity index is 723. The maximum absolute atomic E-state index is 11.3. The van der Waals surface area contributed by atoms with Gasteiger partial charge in [0.15, 0.2) is 11.5 Å². The molecule has 0 aliphatic carbocycles. The van der Waals surface area contributed by atoms with E-state index in [0.29, 0.717) is 35.7 Å². The third kappa shape index (κ3) is 3.42. The van der Waals surface area contributed by atoms with Gasteiger partial charge in [0.1, 0.15) is 11.3 Å². The first kappa shape index (κ1) is 16.4. The average Bonchev–Trinajstić information content (AvgIpc) is 2.55. The molecule has 0 aliphatic rings. The number of benzene rings is 2. The zero-order valence-electron chi connectivity index (χ0n) is 12.7. The highest BCUT2D eigenvalue weighted by atomic mass is 16.5. The van der Waals surface area contributed by atoms with Crippen molar-refractivity contribution >= 4 is 12.4 Å². The van der Waals surface area contributed by atoms with Crippen molar-refractivity contribution in [3.05, 3.63) is 53.1 Å². The fraction of sp³-hybridized carbons (Fsp3) is 0.176. The lowest BCUT2D eigenvalue weighted by Crippen LogP contribution is -2.04. The van der Waals surface area contributed by atoms with Crippen molar-refractivity contribution in [2.24, 2.45) is 0 Å². The number of rotatable bonds is 7. The molecule has 0 heterocycles. The summed E-state index contributed by atoms with van der Waals surface area (Å²) < 4.78 is 15.5. The molecule has 2 rings (SSSR count). The van der Waals surface area contributed by atoms with Crippen LogP contribution in [0.4, 0.5) is 0 Å². The summed E-state index contributed by atoms with van der Waals surface area (Å²) in [4.78, 5) is 21.9. The topological polar surface area (TPSA) is 82.1 Å². The lowest BCUT2D eigenvalue weighted by Gasteiger charge is -2.14. The highest BCUT2D eigenvalue weighted by Gasteiger charge is 2.17. The summed E-state index contributed by atoms with van der Waals surface area (Å²) in [5.74, 6) is -0.0480. The second-order valence-electron chi connectivity index (χ2n) is 4.64. The Morgan fingerprint density at radius 2 is 1.65 bits per heavy atom. The summed E-state index contributed by atoms with van der Waals surface area (Å²) in [7, 11) is 2.90. The van der Waals surface area contributed by atoms with Gasteiger partial charge in [0, 0.05) is 12.0 Å². The van der Waals surface area contributed by atoms with Crippen LogP contribution in [0.25, 0.3) is 0 Å². The number of para-hydroxylation sites is 2. The van der Waals surface area contributed by atoms with Gasteiger partial charge in [0.05, 0.1) is 14.2 Å². The van der Waals surface area contributed by atoms with E-state index in [4.69, 9.17) is 14.2 Å². The van der Waals surface area contributed by atoms with Crippen LogP contribution in [0.2, 0.25) is 0 Å². The van der Waals surface area contributed by atoms with Gasteiger partial charge in [-0.15, -0.1) is 0 Å². The van der Waals surface area contributed by atoms with Crippen molar-refractivity contribution in [1.29, 1.82) is 0 Å². The van der Waals surface area contributed by atoms with Crippen molar-refractivity contribution in [1.82, 2.24) is 0 Å². The van der Waals surface area contributed by atoms with Crippen molar-refractivity contribution in [2.45, 2.75) is 6.42 Å². The Morgan fingerprint density at radius 1 is 1.04 bits per heavy atom. The maximum atomic E-state index is 11.3. The Morgan fingerprint density at radius 3 is 2.22 bits per heavy atom. The lowest BCUT2D eigenvalue weighted by atomic mass is 10.00. The molecule has 0 fully saturated rings. The number of hydrogen-bond acceptors (Lipinski definition) is 5. The van der Waals surface area contributed by atoms with Gasteiger partial charge in [0.2, 0.25) is 0 Å². The van der Waals surface area contributed by atoms with Crippen LogP contribution in [0.3, 0.4) is 0 Å². The number of carbonyl (C=O) groups excluding carboxylic acids is 1. The van der Waals surface area contributed by atoms with E-state index < -0.39 is 5.97 Å². The van der Waals surface area contributed by atoms with Crippen LogP contribution in [0.5, 0.6) is 17.2 Å². The second-order valence-corrected chi connectivity index (χ2v) is 4.64. The van der Waals surface area contributed by atoms with E-state index in [0.717, 1.165) is 5.56 Å². The molecule has 0 amide bonds.